The minimum Gasteiger partial charge on any atom is -0.459 e. The summed E-state index contributed by atoms with van der Waals surface area (Å²) in [5, 5.41) is 12.1. The Balaban J connectivity index is 1.38. The van der Waals surface area contributed by atoms with E-state index in [1.165, 1.54) is 7.11 Å². The standard InChI is InChI=1S/C25H23FN2O6S/c1-33-21(28-23-18(11-12-35-23)22(30)27-25(28)32)13-19(26)20(29)14-34-24(31)17-9-7-16(8-10-17)15-5-3-2-4-6-15/h2-12,19-21,29H,13-14H2,1H3,(H,27,30,32)/t19-,20+,21+/m0/s1. The molecule has 0 saturated carbocycles. The van der Waals surface area contributed by atoms with E-state index in [0.717, 1.165) is 27.0 Å². The Bertz CT molecular complexity index is 1410. The maximum atomic E-state index is 14.8. The fraction of sp³-hybridized carbons (Fsp3) is 0.240. The lowest BCUT2D eigenvalue weighted by Crippen LogP contribution is -2.36. The van der Waals surface area contributed by atoms with E-state index in [2.05, 4.69) is 4.98 Å². The van der Waals surface area contributed by atoms with E-state index in [0.29, 0.717) is 4.83 Å². The average Bonchev–Trinajstić information content (AvgIpc) is 3.37. The number of nitrogens with one attached hydrogen (secondary N) is 1. The summed E-state index contributed by atoms with van der Waals surface area (Å²) in [6, 6.07) is 17.9. The van der Waals surface area contributed by atoms with Gasteiger partial charge in [-0.25, -0.2) is 14.0 Å². The normalized spacial score (nSPS) is 13.9. The molecule has 0 aliphatic heterocycles. The van der Waals surface area contributed by atoms with E-state index in [1.54, 1.807) is 35.7 Å². The van der Waals surface area contributed by atoms with Crippen molar-refractivity contribution in [3.63, 3.8) is 0 Å². The second kappa shape index (κ2) is 10.8. The highest BCUT2D eigenvalue weighted by Crippen LogP contribution is 2.24. The molecule has 0 aliphatic carbocycles. The lowest BCUT2D eigenvalue weighted by molar-refractivity contribution is -0.0355. The number of nitrogens with zero attached hydrogens (tertiary/aromatic N) is 1. The number of aromatic nitrogens is 2. The number of carbonyl (C=O) groups excluding carboxylic acids is 1. The Morgan fingerprint density at radius 1 is 1.09 bits per heavy atom. The highest BCUT2D eigenvalue weighted by atomic mass is 32.1. The molecule has 0 radical (unpaired) electrons. The van der Waals surface area contributed by atoms with Gasteiger partial charge in [0.1, 0.15) is 29.9 Å². The third-order valence-corrected chi connectivity index (χ3v) is 6.48. The van der Waals surface area contributed by atoms with Crippen molar-refractivity contribution in [2.24, 2.45) is 0 Å². The van der Waals surface area contributed by atoms with E-state index in [-0.39, 0.29) is 10.9 Å². The first-order chi connectivity index (χ1) is 16.9. The monoisotopic (exact) mass is 498 g/mol. The Kier molecular flexibility index (Phi) is 7.54. The number of esters is 1. The fourth-order valence-corrected chi connectivity index (χ4v) is 4.61. The molecule has 0 amide bonds. The number of methoxy groups -OCH3 is 1. The molecule has 0 saturated heterocycles. The molecule has 0 unspecified atom stereocenters. The summed E-state index contributed by atoms with van der Waals surface area (Å²) in [6.45, 7) is -0.578. The van der Waals surface area contributed by atoms with Crippen LogP contribution in [0.4, 0.5) is 4.39 Å². The summed E-state index contributed by atoms with van der Waals surface area (Å²) in [7, 11) is 1.29. The number of hydrogen-bond donors (Lipinski definition) is 2. The lowest BCUT2D eigenvalue weighted by atomic mass is 10.0. The van der Waals surface area contributed by atoms with Gasteiger partial charge in [-0.1, -0.05) is 42.5 Å². The SMILES string of the molecule is CO[C@H](C[C@H](F)[C@H](O)COC(=O)c1ccc(-c2ccccc2)cc1)n1c(=O)[nH]c(=O)c2ccsc21. The number of H-pyrrole nitrogens is 1. The quantitative estimate of drug-likeness (QED) is 0.342. The van der Waals surface area contributed by atoms with Crippen LogP contribution in [0.25, 0.3) is 21.3 Å². The number of fused-ring (bicyclic) bond motifs is 1. The van der Waals surface area contributed by atoms with Gasteiger partial charge in [0.15, 0.2) is 0 Å². The summed E-state index contributed by atoms with van der Waals surface area (Å²) in [6.07, 6.45) is -5.01. The summed E-state index contributed by atoms with van der Waals surface area (Å²) in [4.78, 5) is 39.2. The maximum Gasteiger partial charge on any atom is 0.338 e. The van der Waals surface area contributed by atoms with Gasteiger partial charge >= 0.3 is 11.7 Å². The third-order valence-electron chi connectivity index (χ3n) is 5.56. The first-order valence-electron chi connectivity index (χ1n) is 10.8. The molecule has 35 heavy (non-hydrogen) atoms. The number of thiophene rings is 1. The van der Waals surface area contributed by atoms with Crippen LogP contribution in [0.3, 0.4) is 0 Å². The lowest BCUT2D eigenvalue weighted by Gasteiger charge is -2.23. The van der Waals surface area contributed by atoms with Crippen LogP contribution in [0.5, 0.6) is 0 Å². The molecule has 0 bridgehead atoms. The van der Waals surface area contributed by atoms with Crippen LogP contribution in [0.2, 0.25) is 0 Å². The molecule has 0 spiro atoms. The van der Waals surface area contributed by atoms with Crippen LogP contribution >= 0.6 is 11.3 Å². The van der Waals surface area contributed by atoms with Gasteiger partial charge in [-0.15, -0.1) is 11.3 Å². The summed E-state index contributed by atoms with van der Waals surface area (Å²) >= 11 is 1.14. The molecule has 2 N–H and O–H groups in total. The molecule has 0 aliphatic rings. The number of aliphatic hydroxyl groups is 1. The molecular formula is C25H23FN2O6S. The summed E-state index contributed by atoms with van der Waals surface area (Å²) in [5.41, 5.74) is 0.898. The first kappa shape index (κ1) is 24.5. The number of hydrogen-bond acceptors (Lipinski definition) is 7. The number of ether oxygens (including phenoxy) is 2. The second-order valence-corrected chi connectivity index (χ2v) is 8.71. The van der Waals surface area contributed by atoms with E-state index in [1.807, 2.05) is 30.3 Å². The Labute approximate surface area is 203 Å². The van der Waals surface area contributed by atoms with Crippen molar-refractivity contribution in [1.82, 2.24) is 9.55 Å². The van der Waals surface area contributed by atoms with Crippen LogP contribution in [0.15, 0.2) is 75.6 Å². The van der Waals surface area contributed by atoms with E-state index >= 15 is 0 Å². The van der Waals surface area contributed by atoms with Crippen molar-refractivity contribution in [3.05, 3.63) is 92.4 Å². The topological polar surface area (TPSA) is 111 Å². The zero-order valence-corrected chi connectivity index (χ0v) is 19.5. The minimum atomic E-state index is -1.87. The molecule has 8 nitrogen and oxygen atoms in total. The van der Waals surface area contributed by atoms with Crippen molar-refractivity contribution in [3.8, 4) is 11.1 Å². The number of aliphatic hydroxyl groups excluding tert-OH is 1. The summed E-state index contributed by atoms with van der Waals surface area (Å²) in [5.74, 6) is -0.698. The predicted octanol–water partition coefficient (Wildman–Crippen LogP) is 3.51. The number of alkyl halides is 1. The highest BCUT2D eigenvalue weighted by Gasteiger charge is 2.27. The zero-order valence-electron chi connectivity index (χ0n) is 18.7. The van der Waals surface area contributed by atoms with Crippen LogP contribution < -0.4 is 11.2 Å². The van der Waals surface area contributed by atoms with Crippen LogP contribution in [-0.2, 0) is 9.47 Å². The van der Waals surface area contributed by atoms with Crippen molar-refractivity contribution in [2.75, 3.05) is 13.7 Å². The smallest absolute Gasteiger partial charge is 0.338 e. The van der Waals surface area contributed by atoms with Gasteiger partial charge in [0.2, 0.25) is 0 Å². The van der Waals surface area contributed by atoms with E-state index in [4.69, 9.17) is 9.47 Å². The Morgan fingerprint density at radius 2 is 1.77 bits per heavy atom. The zero-order chi connectivity index (χ0) is 24.9. The molecule has 2 aromatic carbocycles. The van der Waals surface area contributed by atoms with Crippen LogP contribution in [-0.4, -0.2) is 46.6 Å². The third kappa shape index (κ3) is 5.40. The van der Waals surface area contributed by atoms with Crippen LogP contribution in [0, 0.1) is 0 Å². The number of rotatable bonds is 9. The minimum absolute atomic E-state index is 0.266. The van der Waals surface area contributed by atoms with Crippen LogP contribution in [0.1, 0.15) is 23.0 Å². The van der Waals surface area contributed by atoms with Gasteiger partial charge < -0.3 is 14.6 Å². The molecule has 2 heterocycles. The van der Waals surface area contributed by atoms with Crippen molar-refractivity contribution in [2.45, 2.75) is 24.9 Å². The van der Waals surface area contributed by atoms with Gasteiger partial charge in [0.25, 0.3) is 5.56 Å². The van der Waals surface area contributed by atoms with Crippen molar-refractivity contribution < 1.29 is 23.8 Å². The second-order valence-electron chi connectivity index (χ2n) is 7.82. The van der Waals surface area contributed by atoms with Gasteiger partial charge in [0.05, 0.1) is 10.9 Å². The first-order valence-corrected chi connectivity index (χ1v) is 11.7. The van der Waals surface area contributed by atoms with E-state index in [9.17, 15) is 23.9 Å². The highest BCUT2D eigenvalue weighted by molar-refractivity contribution is 7.16. The van der Waals surface area contributed by atoms with Gasteiger partial charge in [-0.2, -0.15) is 0 Å². The Morgan fingerprint density at radius 3 is 2.46 bits per heavy atom. The molecule has 2 aromatic heterocycles. The number of carbonyl (C=O) groups is 1. The van der Waals surface area contributed by atoms with Gasteiger partial charge in [-0.05, 0) is 34.7 Å². The predicted molar refractivity (Wildman–Crippen MR) is 130 cm³/mol. The van der Waals surface area contributed by atoms with E-state index < -0.39 is 48.7 Å². The fourth-order valence-electron chi connectivity index (χ4n) is 3.67. The molecule has 3 atom stereocenters. The number of aromatic amines is 1. The molecule has 4 aromatic rings. The summed E-state index contributed by atoms with van der Waals surface area (Å²) < 4.78 is 26.4. The maximum absolute atomic E-state index is 14.8. The van der Waals surface area contributed by atoms with Gasteiger partial charge in [-0.3, -0.25) is 14.3 Å². The molecule has 0 fully saturated rings. The molecule has 4 rings (SSSR count). The molecular weight excluding hydrogens is 475 g/mol. The molecule has 182 valence electrons. The largest absolute Gasteiger partial charge is 0.459 e. The Hall–Kier alpha value is -3.60. The number of benzene rings is 2. The van der Waals surface area contributed by atoms with Crippen molar-refractivity contribution in [1.29, 1.82) is 0 Å². The average molecular weight is 499 g/mol. The number of halogens is 1. The molecule has 10 heteroatoms. The van der Waals surface area contributed by atoms with Gasteiger partial charge in [0, 0.05) is 13.5 Å². The van der Waals surface area contributed by atoms with Crippen molar-refractivity contribution >= 4 is 27.5 Å².